The van der Waals surface area contributed by atoms with E-state index in [1.807, 2.05) is 48.5 Å². The first-order valence-corrected chi connectivity index (χ1v) is 7.35. The Morgan fingerprint density at radius 3 is 2.36 bits per heavy atom. The molecule has 0 spiro atoms. The van der Waals surface area contributed by atoms with Crippen molar-refractivity contribution in [2.45, 2.75) is 6.61 Å². The largest absolute Gasteiger partial charge is 0.489 e. The predicted octanol–water partition coefficient (Wildman–Crippen LogP) is 4.97. The highest BCUT2D eigenvalue weighted by Gasteiger charge is 2.02. The normalized spacial score (nSPS) is 10.9. The second-order valence-corrected chi connectivity index (χ2v) is 5.31. The minimum absolute atomic E-state index is 0.577. The van der Waals surface area contributed by atoms with Gasteiger partial charge in [0.15, 0.2) is 0 Å². The van der Waals surface area contributed by atoms with Crippen molar-refractivity contribution in [3.05, 3.63) is 84.4 Å². The number of nitrogens with zero attached hydrogens (tertiary/aromatic N) is 1. The molecule has 0 aliphatic rings. The molecule has 0 radical (unpaired) electrons. The zero-order valence-corrected chi connectivity index (χ0v) is 12.1. The minimum Gasteiger partial charge on any atom is -0.489 e. The molecule has 0 amide bonds. The molecule has 0 bridgehead atoms. The van der Waals surface area contributed by atoms with E-state index in [0.29, 0.717) is 6.61 Å². The quantitative estimate of drug-likeness (QED) is 0.496. The molecular formula is C20H15NO. The highest BCUT2D eigenvalue weighted by atomic mass is 16.5. The van der Waals surface area contributed by atoms with Crippen molar-refractivity contribution in [3.8, 4) is 5.75 Å². The van der Waals surface area contributed by atoms with Crippen molar-refractivity contribution in [1.29, 1.82) is 0 Å². The van der Waals surface area contributed by atoms with E-state index in [9.17, 15) is 0 Å². The number of aromatic nitrogens is 1. The number of hydrogen-bond donors (Lipinski definition) is 0. The number of ether oxygens (including phenoxy) is 1. The van der Waals surface area contributed by atoms with Crippen molar-refractivity contribution in [3.63, 3.8) is 0 Å². The van der Waals surface area contributed by atoms with Crippen LogP contribution in [0.25, 0.3) is 21.8 Å². The number of pyridine rings is 1. The van der Waals surface area contributed by atoms with E-state index in [4.69, 9.17) is 4.74 Å². The Kier molecular flexibility index (Phi) is 3.20. The van der Waals surface area contributed by atoms with Crippen molar-refractivity contribution >= 4 is 21.8 Å². The number of rotatable bonds is 3. The van der Waals surface area contributed by atoms with Crippen LogP contribution in [0.3, 0.4) is 0 Å². The molecular weight excluding hydrogens is 270 g/mol. The van der Waals surface area contributed by atoms with Crippen LogP contribution >= 0.6 is 0 Å². The third kappa shape index (κ3) is 2.51. The lowest BCUT2D eigenvalue weighted by Crippen LogP contribution is -1.95. The number of benzene rings is 3. The summed E-state index contributed by atoms with van der Waals surface area (Å²) in [5.41, 5.74) is 3.18. The Labute approximate surface area is 129 Å². The van der Waals surface area contributed by atoms with Gasteiger partial charge >= 0.3 is 0 Å². The molecule has 1 heterocycles. The summed E-state index contributed by atoms with van der Waals surface area (Å²) in [6.45, 7) is 0.577. The van der Waals surface area contributed by atoms with Gasteiger partial charge in [-0.3, -0.25) is 0 Å². The molecule has 0 unspecified atom stereocenters. The van der Waals surface area contributed by atoms with E-state index in [-0.39, 0.29) is 0 Å². The Hall–Kier alpha value is -2.87. The van der Waals surface area contributed by atoms with Gasteiger partial charge in [-0.1, -0.05) is 48.5 Å². The molecule has 0 atom stereocenters. The van der Waals surface area contributed by atoms with Gasteiger partial charge in [-0.2, -0.15) is 0 Å². The van der Waals surface area contributed by atoms with E-state index in [1.54, 1.807) is 0 Å². The Morgan fingerprint density at radius 2 is 1.45 bits per heavy atom. The fourth-order valence-corrected chi connectivity index (χ4v) is 2.59. The molecule has 106 valence electrons. The standard InChI is InChI=1S/C20H15NO/c1-2-6-15(7-3-1)14-22-18-10-11-20-17(13-18)12-16-8-4-5-9-19(16)21-20/h1-13H,14H2. The molecule has 0 aliphatic heterocycles. The van der Waals surface area contributed by atoms with Gasteiger partial charge < -0.3 is 4.74 Å². The lowest BCUT2D eigenvalue weighted by atomic mass is 10.1. The summed E-state index contributed by atoms with van der Waals surface area (Å²) in [5, 5.41) is 2.25. The molecule has 0 saturated carbocycles. The molecule has 1 aromatic heterocycles. The second-order valence-electron chi connectivity index (χ2n) is 5.31. The summed E-state index contributed by atoms with van der Waals surface area (Å²) in [4.78, 5) is 4.68. The lowest BCUT2D eigenvalue weighted by Gasteiger charge is -2.08. The molecule has 0 saturated heterocycles. The minimum atomic E-state index is 0.577. The van der Waals surface area contributed by atoms with Crippen molar-refractivity contribution < 1.29 is 4.74 Å². The van der Waals surface area contributed by atoms with Gasteiger partial charge in [0.05, 0.1) is 11.0 Å². The summed E-state index contributed by atoms with van der Waals surface area (Å²) < 4.78 is 5.88. The molecule has 4 rings (SSSR count). The molecule has 2 nitrogen and oxygen atoms in total. The van der Waals surface area contributed by atoms with Crippen molar-refractivity contribution in [2.75, 3.05) is 0 Å². The maximum atomic E-state index is 5.88. The third-order valence-electron chi connectivity index (χ3n) is 3.74. The average Bonchev–Trinajstić information content (AvgIpc) is 2.59. The zero-order valence-electron chi connectivity index (χ0n) is 12.1. The van der Waals surface area contributed by atoms with Crippen LogP contribution in [-0.4, -0.2) is 4.98 Å². The summed E-state index contributed by atoms with van der Waals surface area (Å²) in [5.74, 6) is 0.869. The van der Waals surface area contributed by atoms with Crippen LogP contribution in [0.5, 0.6) is 5.75 Å². The zero-order chi connectivity index (χ0) is 14.8. The fraction of sp³-hybridized carbons (Fsp3) is 0.0500. The van der Waals surface area contributed by atoms with Crippen LogP contribution in [0.1, 0.15) is 5.56 Å². The fourth-order valence-electron chi connectivity index (χ4n) is 2.59. The van der Waals surface area contributed by atoms with Crippen LogP contribution in [0.4, 0.5) is 0 Å². The Morgan fingerprint density at radius 1 is 0.682 bits per heavy atom. The number of hydrogen-bond acceptors (Lipinski definition) is 2. The van der Waals surface area contributed by atoms with Gasteiger partial charge in [0.1, 0.15) is 12.4 Å². The van der Waals surface area contributed by atoms with Crippen molar-refractivity contribution in [2.24, 2.45) is 0 Å². The SMILES string of the molecule is c1ccc(COc2ccc3nc4ccccc4cc3c2)cc1. The number of para-hydroxylation sites is 1. The Bertz CT molecular complexity index is 932. The molecule has 0 fully saturated rings. The first-order valence-electron chi connectivity index (χ1n) is 7.35. The van der Waals surface area contributed by atoms with Crippen molar-refractivity contribution in [1.82, 2.24) is 4.98 Å². The number of fused-ring (bicyclic) bond motifs is 2. The van der Waals surface area contributed by atoms with E-state index in [0.717, 1.165) is 27.6 Å². The molecule has 2 heteroatoms. The molecule has 0 aliphatic carbocycles. The van der Waals surface area contributed by atoms with E-state index >= 15 is 0 Å². The third-order valence-corrected chi connectivity index (χ3v) is 3.74. The van der Waals surface area contributed by atoms with E-state index < -0.39 is 0 Å². The molecule has 0 N–H and O–H groups in total. The smallest absolute Gasteiger partial charge is 0.120 e. The van der Waals surface area contributed by atoms with Crippen LogP contribution < -0.4 is 4.74 Å². The maximum absolute atomic E-state index is 5.88. The average molecular weight is 285 g/mol. The van der Waals surface area contributed by atoms with Crippen LogP contribution in [-0.2, 0) is 6.61 Å². The second kappa shape index (κ2) is 5.49. The molecule has 4 aromatic rings. The van der Waals surface area contributed by atoms with E-state index in [1.165, 1.54) is 5.56 Å². The maximum Gasteiger partial charge on any atom is 0.120 e. The van der Waals surface area contributed by atoms with Gasteiger partial charge in [0.2, 0.25) is 0 Å². The van der Waals surface area contributed by atoms with Gasteiger partial charge in [-0.25, -0.2) is 4.98 Å². The summed E-state index contributed by atoms with van der Waals surface area (Å²) in [7, 11) is 0. The van der Waals surface area contributed by atoms with Crippen LogP contribution in [0.15, 0.2) is 78.9 Å². The summed E-state index contributed by atoms with van der Waals surface area (Å²) in [6, 6.07) is 26.6. The first-order chi connectivity index (χ1) is 10.9. The lowest BCUT2D eigenvalue weighted by molar-refractivity contribution is 0.306. The highest BCUT2D eigenvalue weighted by molar-refractivity contribution is 5.93. The summed E-state index contributed by atoms with van der Waals surface area (Å²) in [6.07, 6.45) is 0. The highest BCUT2D eigenvalue weighted by Crippen LogP contribution is 2.24. The van der Waals surface area contributed by atoms with Gasteiger partial charge in [-0.05, 0) is 35.9 Å². The topological polar surface area (TPSA) is 22.1 Å². The van der Waals surface area contributed by atoms with Gasteiger partial charge in [0, 0.05) is 10.8 Å². The molecule has 22 heavy (non-hydrogen) atoms. The molecule has 3 aromatic carbocycles. The van der Waals surface area contributed by atoms with E-state index in [2.05, 4.69) is 35.3 Å². The van der Waals surface area contributed by atoms with Gasteiger partial charge in [-0.15, -0.1) is 0 Å². The van der Waals surface area contributed by atoms with Crippen LogP contribution in [0, 0.1) is 0 Å². The summed E-state index contributed by atoms with van der Waals surface area (Å²) >= 11 is 0. The first kappa shape index (κ1) is 12.8. The Balaban J connectivity index is 1.66. The van der Waals surface area contributed by atoms with Crippen LogP contribution in [0.2, 0.25) is 0 Å². The van der Waals surface area contributed by atoms with Gasteiger partial charge in [0.25, 0.3) is 0 Å². The monoisotopic (exact) mass is 285 g/mol. The predicted molar refractivity (Wildman–Crippen MR) is 90.0 cm³/mol.